The van der Waals surface area contributed by atoms with Crippen LogP contribution in [0, 0.1) is 0 Å². The van der Waals surface area contributed by atoms with Crippen LogP contribution in [-0.4, -0.2) is 36.0 Å². The fraction of sp³-hybridized carbons (Fsp3) is 0.357. The molecule has 1 rings (SSSR count). The Kier molecular flexibility index (Phi) is 6.35. The summed E-state index contributed by atoms with van der Waals surface area (Å²) in [6, 6.07) is 7.21. The van der Waals surface area contributed by atoms with Gasteiger partial charge >= 0.3 is 5.97 Å². The third-order valence-electron chi connectivity index (χ3n) is 2.89. The minimum atomic E-state index is -1.41. The van der Waals surface area contributed by atoms with Crippen LogP contribution in [0.5, 0.6) is 0 Å². The van der Waals surface area contributed by atoms with Crippen molar-refractivity contribution in [1.82, 2.24) is 5.32 Å². The van der Waals surface area contributed by atoms with Crippen molar-refractivity contribution in [2.75, 3.05) is 7.11 Å². The monoisotopic (exact) mass is 294 g/mol. The summed E-state index contributed by atoms with van der Waals surface area (Å²) in [6.07, 6.45) is -1.47. The maximum Gasteiger partial charge on any atom is 0.305 e. The predicted molar refractivity (Wildman–Crippen MR) is 73.8 cm³/mol. The molecule has 0 heterocycles. The molecule has 0 fully saturated rings. The Balaban J connectivity index is 2.64. The molecule has 0 aromatic heterocycles. The molecule has 4 N–H and O–H groups in total. The van der Waals surface area contributed by atoms with Crippen LogP contribution in [0.4, 0.5) is 0 Å². The Morgan fingerprint density at radius 3 is 2.43 bits per heavy atom. The Labute approximate surface area is 122 Å². The summed E-state index contributed by atoms with van der Waals surface area (Å²) in [6.45, 7) is 0. The number of ether oxygens (including phenoxy) is 1. The van der Waals surface area contributed by atoms with Gasteiger partial charge in [-0.05, 0) is 12.0 Å². The lowest BCUT2D eigenvalue weighted by atomic mass is 10.1. The van der Waals surface area contributed by atoms with E-state index >= 15 is 0 Å². The molecular weight excluding hydrogens is 276 g/mol. The largest absolute Gasteiger partial charge is 0.469 e. The Hall–Kier alpha value is -2.41. The first-order valence-corrected chi connectivity index (χ1v) is 6.35. The SMILES string of the molecule is COC(=O)CC[C@@H](NC(=O)[C@@H](O)c1ccccc1)C(N)=O. The normalized spacial score (nSPS) is 13.0. The molecular formula is C14H18N2O5. The molecule has 0 saturated carbocycles. The lowest BCUT2D eigenvalue weighted by molar-refractivity contribution is -0.141. The zero-order valence-electron chi connectivity index (χ0n) is 11.6. The fourth-order valence-electron chi connectivity index (χ4n) is 1.69. The zero-order chi connectivity index (χ0) is 15.8. The number of rotatable bonds is 7. The minimum Gasteiger partial charge on any atom is -0.469 e. The van der Waals surface area contributed by atoms with Gasteiger partial charge in [-0.25, -0.2) is 0 Å². The molecule has 21 heavy (non-hydrogen) atoms. The van der Waals surface area contributed by atoms with Crippen LogP contribution in [0.2, 0.25) is 0 Å². The van der Waals surface area contributed by atoms with Crippen molar-refractivity contribution >= 4 is 17.8 Å². The van der Waals surface area contributed by atoms with Gasteiger partial charge in [-0.1, -0.05) is 30.3 Å². The van der Waals surface area contributed by atoms with Crippen molar-refractivity contribution in [2.45, 2.75) is 25.0 Å². The number of carbonyl (C=O) groups excluding carboxylic acids is 3. The van der Waals surface area contributed by atoms with Crippen LogP contribution in [-0.2, 0) is 19.1 Å². The van der Waals surface area contributed by atoms with Gasteiger partial charge in [0.2, 0.25) is 5.91 Å². The van der Waals surface area contributed by atoms with Gasteiger partial charge in [0.15, 0.2) is 6.10 Å². The number of benzene rings is 1. The van der Waals surface area contributed by atoms with E-state index in [9.17, 15) is 19.5 Å². The first-order valence-electron chi connectivity index (χ1n) is 6.35. The number of methoxy groups -OCH3 is 1. The second kappa shape index (κ2) is 8.01. The van der Waals surface area contributed by atoms with E-state index in [0.717, 1.165) is 0 Å². The maximum absolute atomic E-state index is 11.9. The van der Waals surface area contributed by atoms with Crippen LogP contribution in [0.3, 0.4) is 0 Å². The summed E-state index contributed by atoms with van der Waals surface area (Å²) in [5.74, 6) is -2.05. The highest BCUT2D eigenvalue weighted by molar-refractivity contribution is 5.89. The lowest BCUT2D eigenvalue weighted by Crippen LogP contribution is -2.46. The van der Waals surface area contributed by atoms with E-state index < -0.39 is 29.9 Å². The summed E-state index contributed by atoms with van der Waals surface area (Å²) in [4.78, 5) is 34.2. The van der Waals surface area contributed by atoms with Crippen LogP contribution in [0.25, 0.3) is 0 Å². The topological polar surface area (TPSA) is 119 Å². The Morgan fingerprint density at radius 2 is 1.90 bits per heavy atom. The number of hydrogen-bond donors (Lipinski definition) is 3. The number of hydrogen-bond acceptors (Lipinski definition) is 5. The number of primary amides is 1. The van der Waals surface area contributed by atoms with Crippen LogP contribution < -0.4 is 11.1 Å². The highest BCUT2D eigenvalue weighted by Gasteiger charge is 2.24. The molecule has 0 spiro atoms. The van der Waals surface area contributed by atoms with Gasteiger partial charge in [-0.3, -0.25) is 14.4 Å². The first-order chi connectivity index (χ1) is 9.95. The van der Waals surface area contributed by atoms with Crippen molar-refractivity contribution in [3.05, 3.63) is 35.9 Å². The summed E-state index contributed by atoms with van der Waals surface area (Å²) >= 11 is 0. The van der Waals surface area contributed by atoms with E-state index in [-0.39, 0.29) is 12.8 Å². The average Bonchev–Trinajstić information content (AvgIpc) is 2.50. The predicted octanol–water partition coefficient (Wildman–Crippen LogP) is -0.357. The third-order valence-corrected chi connectivity index (χ3v) is 2.89. The van der Waals surface area contributed by atoms with E-state index in [1.54, 1.807) is 30.3 Å². The zero-order valence-corrected chi connectivity index (χ0v) is 11.6. The van der Waals surface area contributed by atoms with Crippen molar-refractivity contribution in [1.29, 1.82) is 0 Å². The van der Waals surface area contributed by atoms with Crippen molar-refractivity contribution in [3.63, 3.8) is 0 Å². The second-order valence-electron chi connectivity index (χ2n) is 4.39. The maximum atomic E-state index is 11.9. The third kappa shape index (κ3) is 5.23. The lowest BCUT2D eigenvalue weighted by Gasteiger charge is -2.17. The molecule has 7 nitrogen and oxygen atoms in total. The van der Waals surface area contributed by atoms with Crippen LogP contribution >= 0.6 is 0 Å². The standard InChI is InChI=1S/C14H18N2O5/c1-21-11(17)8-7-10(13(15)19)16-14(20)12(18)9-5-3-2-4-6-9/h2-6,10,12,18H,7-8H2,1H3,(H2,15,19)(H,16,20)/t10-,12+/m1/s1. The van der Waals surface area contributed by atoms with Gasteiger partial charge in [-0.2, -0.15) is 0 Å². The molecule has 2 atom stereocenters. The van der Waals surface area contributed by atoms with Gasteiger partial charge in [0, 0.05) is 6.42 Å². The number of aliphatic hydroxyl groups is 1. The van der Waals surface area contributed by atoms with Crippen LogP contribution in [0.1, 0.15) is 24.5 Å². The van der Waals surface area contributed by atoms with E-state index in [1.807, 2.05) is 0 Å². The van der Waals surface area contributed by atoms with Crippen molar-refractivity contribution < 1.29 is 24.2 Å². The molecule has 0 aliphatic heterocycles. The molecule has 114 valence electrons. The number of amides is 2. The molecule has 1 aromatic carbocycles. The van der Waals surface area contributed by atoms with Crippen LogP contribution in [0.15, 0.2) is 30.3 Å². The van der Waals surface area contributed by atoms with E-state index in [4.69, 9.17) is 5.73 Å². The molecule has 0 saturated heterocycles. The summed E-state index contributed by atoms with van der Waals surface area (Å²) < 4.78 is 4.45. The van der Waals surface area contributed by atoms with Gasteiger partial charge in [0.05, 0.1) is 7.11 Å². The van der Waals surface area contributed by atoms with Gasteiger partial charge in [-0.15, -0.1) is 0 Å². The van der Waals surface area contributed by atoms with Crippen molar-refractivity contribution in [2.24, 2.45) is 5.73 Å². The summed E-state index contributed by atoms with van der Waals surface area (Å²) in [7, 11) is 1.22. The Morgan fingerprint density at radius 1 is 1.29 bits per heavy atom. The number of nitrogens with one attached hydrogen (secondary N) is 1. The quantitative estimate of drug-likeness (QED) is 0.594. The molecule has 1 aromatic rings. The average molecular weight is 294 g/mol. The summed E-state index contributed by atoms with van der Waals surface area (Å²) in [5, 5.41) is 12.2. The molecule has 0 bridgehead atoms. The molecule has 0 aliphatic carbocycles. The number of esters is 1. The van der Waals surface area contributed by atoms with Gasteiger partial charge in [0.25, 0.3) is 5.91 Å². The van der Waals surface area contributed by atoms with E-state index in [0.29, 0.717) is 5.56 Å². The highest BCUT2D eigenvalue weighted by Crippen LogP contribution is 2.12. The van der Waals surface area contributed by atoms with Gasteiger partial charge < -0.3 is 20.9 Å². The summed E-state index contributed by atoms with van der Waals surface area (Å²) in [5.41, 5.74) is 5.56. The number of nitrogens with two attached hydrogens (primary N) is 1. The van der Waals surface area contributed by atoms with E-state index in [1.165, 1.54) is 7.11 Å². The highest BCUT2D eigenvalue weighted by atomic mass is 16.5. The molecule has 0 unspecified atom stereocenters. The molecule has 0 aliphatic rings. The Bertz CT molecular complexity index is 503. The molecule has 2 amide bonds. The van der Waals surface area contributed by atoms with Crippen molar-refractivity contribution in [3.8, 4) is 0 Å². The second-order valence-corrected chi connectivity index (χ2v) is 4.39. The minimum absolute atomic E-state index is 0.00918. The molecule has 7 heteroatoms. The fourth-order valence-corrected chi connectivity index (χ4v) is 1.69. The van der Waals surface area contributed by atoms with Gasteiger partial charge in [0.1, 0.15) is 6.04 Å². The number of aliphatic hydroxyl groups excluding tert-OH is 1. The smallest absolute Gasteiger partial charge is 0.305 e. The molecule has 0 radical (unpaired) electrons. The first kappa shape index (κ1) is 16.6. The van der Waals surface area contributed by atoms with E-state index in [2.05, 4.69) is 10.1 Å². The number of carbonyl (C=O) groups is 3.